The summed E-state index contributed by atoms with van der Waals surface area (Å²) in [6.07, 6.45) is 4.82. The third kappa shape index (κ3) is 2.63. The quantitative estimate of drug-likeness (QED) is 0.318. The SMILES string of the molecule is CNSC1=CCC(NN)N=C1. The number of hydrazine groups is 1. The molecule has 0 amide bonds. The smallest absolute Gasteiger partial charge is 0.115 e. The lowest BCUT2D eigenvalue weighted by molar-refractivity contribution is 0.554. The Bertz CT molecular complexity index is 177. The van der Waals surface area contributed by atoms with Crippen molar-refractivity contribution in [2.75, 3.05) is 7.05 Å². The van der Waals surface area contributed by atoms with Crippen molar-refractivity contribution >= 4 is 18.2 Å². The first-order chi connectivity index (χ1) is 5.36. The summed E-state index contributed by atoms with van der Waals surface area (Å²) in [6, 6.07) is 0. The van der Waals surface area contributed by atoms with Gasteiger partial charge in [-0.05, 0) is 19.0 Å². The molecule has 0 spiro atoms. The Hall–Kier alpha value is -0.360. The number of hydrogen-bond donors (Lipinski definition) is 3. The largest absolute Gasteiger partial charge is 0.272 e. The van der Waals surface area contributed by atoms with Gasteiger partial charge in [0, 0.05) is 17.5 Å². The van der Waals surface area contributed by atoms with Crippen molar-refractivity contribution in [1.82, 2.24) is 10.1 Å². The number of hydrogen-bond acceptors (Lipinski definition) is 5. The van der Waals surface area contributed by atoms with Crippen molar-refractivity contribution in [2.45, 2.75) is 12.6 Å². The van der Waals surface area contributed by atoms with E-state index < -0.39 is 0 Å². The number of nitrogens with two attached hydrogens (primary N) is 1. The van der Waals surface area contributed by atoms with E-state index >= 15 is 0 Å². The first kappa shape index (κ1) is 8.73. The fourth-order valence-electron chi connectivity index (χ4n) is 0.802. The van der Waals surface area contributed by atoms with Crippen molar-refractivity contribution in [3.63, 3.8) is 0 Å². The van der Waals surface area contributed by atoms with Crippen LogP contribution >= 0.6 is 11.9 Å². The lowest BCUT2D eigenvalue weighted by Gasteiger charge is -2.13. The summed E-state index contributed by atoms with van der Waals surface area (Å²) in [7, 11) is 1.88. The highest BCUT2D eigenvalue weighted by molar-refractivity contribution is 8.02. The molecule has 1 aliphatic rings. The molecule has 0 bridgehead atoms. The van der Waals surface area contributed by atoms with Crippen molar-refractivity contribution in [3.05, 3.63) is 11.0 Å². The van der Waals surface area contributed by atoms with E-state index in [0.717, 1.165) is 11.3 Å². The second kappa shape index (κ2) is 4.50. The zero-order chi connectivity index (χ0) is 8.10. The van der Waals surface area contributed by atoms with E-state index in [0.29, 0.717) is 0 Å². The van der Waals surface area contributed by atoms with E-state index in [1.54, 1.807) is 11.9 Å². The molecule has 0 saturated heterocycles. The Morgan fingerprint density at radius 3 is 3.09 bits per heavy atom. The van der Waals surface area contributed by atoms with E-state index in [2.05, 4.69) is 21.2 Å². The Kier molecular flexibility index (Phi) is 3.58. The fraction of sp³-hybridized carbons (Fsp3) is 0.500. The van der Waals surface area contributed by atoms with Crippen LogP contribution in [0.2, 0.25) is 0 Å². The Morgan fingerprint density at radius 1 is 1.82 bits per heavy atom. The van der Waals surface area contributed by atoms with E-state index in [-0.39, 0.29) is 6.17 Å². The number of rotatable bonds is 3. The van der Waals surface area contributed by atoms with Crippen LogP contribution in [0.15, 0.2) is 16.0 Å². The minimum absolute atomic E-state index is 0.0520. The van der Waals surface area contributed by atoms with Crippen molar-refractivity contribution < 1.29 is 0 Å². The molecule has 4 N–H and O–H groups in total. The number of allylic oxidation sites excluding steroid dienone is 1. The van der Waals surface area contributed by atoms with Gasteiger partial charge in [0.25, 0.3) is 0 Å². The third-order valence-corrected chi connectivity index (χ3v) is 2.05. The highest BCUT2D eigenvalue weighted by atomic mass is 32.2. The van der Waals surface area contributed by atoms with Crippen LogP contribution in [0.5, 0.6) is 0 Å². The maximum Gasteiger partial charge on any atom is 0.115 e. The summed E-state index contributed by atoms with van der Waals surface area (Å²) < 4.78 is 2.98. The summed E-state index contributed by atoms with van der Waals surface area (Å²) in [6.45, 7) is 0. The van der Waals surface area contributed by atoms with Crippen LogP contribution in [0.25, 0.3) is 0 Å². The van der Waals surface area contributed by atoms with Crippen LogP contribution in [-0.4, -0.2) is 19.4 Å². The van der Waals surface area contributed by atoms with Crippen molar-refractivity contribution in [2.24, 2.45) is 10.8 Å². The summed E-state index contributed by atoms with van der Waals surface area (Å²) in [4.78, 5) is 5.30. The highest BCUT2D eigenvalue weighted by Crippen LogP contribution is 2.14. The average Bonchev–Trinajstić information content (AvgIpc) is 2.07. The predicted molar refractivity (Wildman–Crippen MR) is 49.0 cm³/mol. The lowest BCUT2D eigenvalue weighted by Crippen LogP contribution is -2.34. The first-order valence-electron chi connectivity index (χ1n) is 3.40. The maximum atomic E-state index is 5.21. The van der Waals surface area contributed by atoms with Gasteiger partial charge in [0.1, 0.15) is 6.17 Å². The Labute approximate surface area is 70.4 Å². The molecule has 1 rings (SSSR count). The van der Waals surface area contributed by atoms with Crippen LogP contribution in [-0.2, 0) is 0 Å². The minimum Gasteiger partial charge on any atom is -0.272 e. The summed E-state index contributed by atoms with van der Waals surface area (Å²) in [5.74, 6) is 5.21. The van der Waals surface area contributed by atoms with E-state index in [4.69, 9.17) is 5.84 Å². The number of dihydropyridines is 1. The van der Waals surface area contributed by atoms with E-state index in [1.807, 2.05) is 13.3 Å². The lowest BCUT2D eigenvalue weighted by atomic mass is 10.3. The third-order valence-electron chi connectivity index (χ3n) is 1.34. The van der Waals surface area contributed by atoms with Gasteiger partial charge in [0.05, 0.1) is 0 Å². The van der Waals surface area contributed by atoms with Crippen LogP contribution < -0.4 is 16.0 Å². The predicted octanol–water partition coefficient (Wildman–Crippen LogP) is 0.00180. The van der Waals surface area contributed by atoms with Crippen LogP contribution in [0, 0.1) is 0 Å². The second-order valence-corrected chi connectivity index (χ2v) is 3.19. The maximum absolute atomic E-state index is 5.21. The van der Waals surface area contributed by atoms with Crippen LogP contribution in [0.4, 0.5) is 0 Å². The molecule has 0 aromatic carbocycles. The molecule has 1 atom stereocenters. The van der Waals surface area contributed by atoms with Gasteiger partial charge in [-0.25, -0.2) is 5.43 Å². The Balaban J connectivity index is 2.39. The molecular formula is C6H12N4S. The van der Waals surface area contributed by atoms with Gasteiger partial charge < -0.3 is 0 Å². The number of aliphatic imine (C=N–C) groups is 1. The monoisotopic (exact) mass is 172 g/mol. The van der Waals surface area contributed by atoms with Crippen LogP contribution in [0.1, 0.15) is 6.42 Å². The molecule has 0 aliphatic carbocycles. The van der Waals surface area contributed by atoms with Gasteiger partial charge in [-0.1, -0.05) is 6.08 Å². The molecular weight excluding hydrogens is 160 g/mol. The molecule has 0 radical (unpaired) electrons. The number of nitrogens with zero attached hydrogens (tertiary/aromatic N) is 1. The average molecular weight is 172 g/mol. The molecule has 1 aliphatic heterocycles. The zero-order valence-electron chi connectivity index (χ0n) is 6.37. The van der Waals surface area contributed by atoms with Gasteiger partial charge in [0.15, 0.2) is 0 Å². The molecule has 1 heterocycles. The van der Waals surface area contributed by atoms with E-state index in [9.17, 15) is 0 Å². The van der Waals surface area contributed by atoms with Gasteiger partial charge >= 0.3 is 0 Å². The molecule has 62 valence electrons. The van der Waals surface area contributed by atoms with Gasteiger partial charge in [0.2, 0.25) is 0 Å². The molecule has 0 aromatic heterocycles. The Morgan fingerprint density at radius 2 is 2.64 bits per heavy atom. The minimum atomic E-state index is 0.0520. The van der Waals surface area contributed by atoms with Crippen LogP contribution in [0.3, 0.4) is 0 Å². The van der Waals surface area contributed by atoms with Gasteiger partial charge in [-0.2, -0.15) is 0 Å². The molecule has 5 heteroatoms. The van der Waals surface area contributed by atoms with E-state index in [1.165, 1.54) is 0 Å². The summed E-state index contributed by atoms with van der Waals surface area (Å²) in [5.41, 5.74) is 2.59. The van der Waals surface area contributed by atoms with Gasteiger partial charge in [-0.3, -0.25) is 15.6 Å². The fourth-order valence-corrected chi connectivity index (χ4v) is 1.33. The molecule has 0 fully saturated rings. The molecule has 0 saturated carbocycles. The standard InChI is InChI=1S/C6H12N4S/c1-8-11-5-2-3-6(10-7)9-4-5/h2,4,6,8,10H,3,7H2,1H3. The molecule has 4 nitrogen and oxygen atoms in total. The topological polar surface area (TPSA) is 62.4 Å². The summed E-state index contributed by atoms with van der Waals surface area (Å²) in [5, 5.41) is 0. The molecule has 11 heavy (non-hydrogen) atoms. The van der Waals surface area contributed by atoms with Crippen molar-refractivity contribution in [1.29, 1.82) is 0 Å². The van der Waals surface area contributed by atoms with Gasteiger partial charge in [-0.15, -0.1) is 0 Å². The molecule has 1 unspecified atom stereocenters. The highest BCUT2D eigenvalue weighted by Gasteiger charge is 2.06. The second-order valence-electron chi connectivity index (χ2n) is 2.11. The molecule has 0 aromatic rings. The first-order valence-corrected chi connectivity index (χ1v) is 4.21. The normalized spacial score (nSPS) is 23.5. The number of nitrogens with one attached hydrogen (secondary N) is 2. The zero-order valence-corrected chi connectivity index (χ0v) is 7.19. The van der Waals surface area contributed by atoms with Crippen molar-refractivity contribution in [3.8, 4) is 0 Å². The summed E-state index contributed by atoms with van der Waals surface area (Å²) >= 11 is 1.56.